The first kappa shape index (κ1) is 34.8. The lowest BCUT2D eigenvalue weighted by atomic mass is 9.75. The van der Waals surface area contributed by atoms with E-state index < -0.39 is 38.5 Å². The highest BCUT2D eigenvalue weighted by Gasteiger charge is 2.61. The number of hydrogen-bond donors (Lipinski definition) is 2. The first-order valence-corrected chi connectivity index (χ1v) is 17.2. The molecule has 2 rings (SSSR count). The molecule has 1 fully saturated rings. The number of hydrogen-bond acceptors (Lipinski definition) is 7. The summed E-state index contributed by atoms with van der Waals surface area (Å²) < 4.78 is 16.7. The minimum absolute atomic E-state index is 0.00947. The van der Waals surface area contributed by atoms with Crippen LogP contribution in [0.4, 0.5) is 9.59 Å². The average molecular weight is 606 g/mol. The molecule has 1 unspecified atom stereocenters. The predicted octanol–water partition coefficient (Wildman–Crippen LogP) is 4.70. The maximum atomic E-state index is 13.5. The number of nitrogens with one attached hydrogen (secondary N) is 1. The molecule has 0 spiro atoms. The molecule has 42 heavy (non-hydrogen) atoms. The normalized spacial score (nSPS) is 20.7. The van der Waals surface area contributed by atoms with Crippen molar-refractivity contribution in [1.29, 1.82) is 0 Å². The monoisotopic (exact) mass is 605 g/mol. The molecular weight excluding hydrogens is 558 g/mol. The maximum Gasteiger partial charge on any atom is 0.410 e. The molecule has 2 aliphatic heterocycles. The number of carboxylic acid groups (broad SMARTS) is 1. The van der Waals surface area contributed by atoms with Gasteiger partial charge in [-0.1, -0.05) is 52.2 Å². The van der Waals surface area contributed by atoms with Crippen LogP contribution in [0.3, 0.4) is 0 Å². The Morgan fingerprint density at radius 2 is 1.71 bits per heavy atom. The van der Waals surface area contributed by atoms with Gasteiger partial charge in [-0.05, 0) is 43.5 Å². The number of ether oxygens (including phenoxy) is 2. The Labute approximate surface area is 250 Å². The maximum absolute atomic E-state index is 13.5. The minimum Gasteiger partial charge on any atom is -0.477 e. The molecule has 2 heterocycles. The van der Waals surface area contributed by atoms with Gasteiger partial charge in [0.05, 0.1) is 18.1 Å². The number of carbonyl (C=O) groups is 4. The molecular formula is C30H47N3O8Si. The summed E-state index contributed by atoms with van der Waals surface area (Å²) in [6.07, 6.45) is 3.56. The van der Waals surface area contributed by atoms with Gasteiger partial charge in [0.1, 0.15) is 18.9 Å². The molecule has 3 amide bonds. The number of fused-ring (bicyclic) bond motifs is 1. The Bertz CT molecular complexity index is 1100. The number of β-lactam (4-membered cyclic amide) rings is 1. The van der Waals surface area contributed by atoms with Crippen molar-refractivity contribution in [3.63, 3.8) is 0 Å². The zero-order valence-electron chi connectivity index (χ0n) is 25.8. The lowest BCUT2D eigenvalue weighted by Crippen LogP contribution is -2.65. The van der Waals surface area contributed by atoms with Crippen LogP contribution >= 0.6 is 0 Å². The summed E-state index contributed by atoms with van der Waals surface area (Å²) in [5.74, 6) is -2.24. The minimum atomic E-state index is -2.20. The molecule has 0 radical (unpaired) electrons. The van der Waals surface area contributed by atoms with Crippen LogP contribution in [0.15, 0.2) is 49.2 Å². The molecule has 12 heteroatoms. The van der Waals surface area contributed by atoms with E-state index in [4.69, 9.17) is 13.9 Å². The van der Waals surface area contributed by atoms with Crippen LogP contribution in [-0.2, 0) is 23.5 Å². The third kappa shape index (κ3) is 7.91. The van der Waals surface area contributed by atoms with E-state index in [2.05, 4.69) is 58.9 Å². The molecule has 0 saturated carbocycles. The molecule has 234 valence electrons. The van der Waals surface area contributed by atoms with E-state index in [1.165, 1.54) is 22.0 Å². The number of carboxylic acids is 1. The third-order valence-corrected chi connectivity index (χ3v) is 12.8. The Kier molecular flexibility index (Phi) is 12.2. The number of amides is 3. The van der Waals surface area contributed by atoms with Crippen LogP contribution in [0.5, 0.6) is 0 Å². The van der Waals surface area contributed by atoms with Gasteiger partial charge in [-0.15, -0.1) is 6.58 Å². The number of nitrogens with zero attached hydrogens (tertiary/aromatic N) is 2. The van der Waals surface area contributed by atoms with Crippen molar-refractivity contribution in [2.75, 3.05) is 32.8 Å². The van der Waals surface area contributed by atoms with Crippen molar-refractivity contribution in [2.24, 2.45) is 11.8 Å². The van der Waals surface area contributed by atoms with Crippen molar-refractivity contribution >= 4 is 32.4 Å². The summed E-state index contributed by atoms with van der Waals surface area (Å²) in [7, 11) is -2.20. The van der Waals surface area contributed by atoms with E-state index in [9.17, 15) is 24.3 Å². The van der Waals surface area contributed by atoms with Crippen molar-refractivity contribution < 1.29 is 38.2 Å². The second-order valence-electron chi connectivity index (χ2n) is 12.0. The smallest absolute Gasteiger partial charge is 0.410 e. The van der Waals surface area contributed by atoms with Gasteiger partial charge in [0.25, 0.3) is 0 Å². The number of aliphatic carboxylic acids is 1. The van der Waals surface area contributed by atoms with E-state index in [1.54, 1.807) is 6.08 Å². The Balaban J connectivity index is 2.29. The van der Waals surface area contributed by atoms with Crippen molar-refractivity contribution in [3.05, 3.63) is 49.2 Å². The molecule has 0 aromatic rings. The van der Waals surface area contributed by atoms with Gasteiger partial charge in [-0.3, -0.25) is 4.79 Å². The van der Waals surface area contributed by atoms with E-state index in [0.717, 1.165) is 0 Å². The number of rotatable bonds is 16. The summed E-state index contributed by atoms with van der Waals surface area (Å²) >= 11 is 0. The molecule has 0 aliphatic carbocycles. The van der Waals surface area contributed by atoms with Crippen LogP contribution in [0.2, 0.25) is 18.1 Å². The third-order valence-electron chi connectivity index (χ3n) is 8.23. The summed E-state index contributed by atoms with van der Waals surface area (Å²) in [6, 6.07) is -0.376. The average Bonchev–Trinajstić information content (AvgIpc) is 3.16. The van der Waals surface area contributed by atoms with Gasteiger partial charge in [-0.25, -0.2) is 14.4 Å². The molecule has 0 aromatic carbocycles. The van der Waals surface area contributed by atoms with E-state index >= 15 is 0 Å². The number of carbonyl (C=O) groups excluding carboxylic acids is 3. The SMILES string of the molecule is C=CCOC(=O)NCCN(CCC1=C(C(=O)O)N2C(=O)[C@H]([C@@H](C)O[Si](C)(C)C(C)(C)C)[C@H]2C1CC=C)C(=O)OCC=C. The summed E-state index contributed by atoms with van der Waals surface area (Å²) in [5.41, 5.74) is 0.529. The van der Waals surface area contributed by atoms with Crippen LogP contribution in [0.1, 0.15) is 40.5 Å². The summed E-state index contributed by atoms with van der Waals surface area (Å²) in [5, 5.41) is 12.7. The molecule has 0 aromatic heterocycles. The highest BCUT2D eigenvalue weighted by atomic mass is 28.4. The molecule has 0 bridgehead atoms. The number of allylic oxidation sites excluding steroid dienone is 1. The fourth-order valence-corrected chi connectivity index (χ4v) is 6.64. The molecule has 11 nitrogen and oxygen atoms in total. The Hall–Kier alpha value is -3.38. The van der Waals surface area contributed by atoms with Crippen LogP contribution in [0, 0.1) is 11.8 Å². The fourth-order valence-electron chi connectivity index (χ4n) is 5.21. The van der Waals surface area contributed by atoms with Gasteiger partial charge >= 0.3 is 18.2 Å². The predicted molar refractivity (Wildman–Crippen MR) is 162 cm³/mol. The Morgan fingerprint density at radius 3 is 2.26 bits per heavy atom. The second kappa shape index (κ2) is 14.7. The van der Waals surface area contributed by atoms with Gasteiger partial charge in [0.2, 0.25) is 5.91 Å². The van der Waals surface area contributed by atoms with Crippen LogP contribution in [-0.4, -0.2) is 92.3 Å². The molecule has 2 N–H and O–H groups in total. The van der Waals surface area contributed by atoms with Crippen molar-refractivity contribution in [1.82, 2.24) is 15.1 Å². The van der Waals surface area contributed by atoms with E-state index in [0.29, 0.717) is 12.0 Å². The quantitative estimate of drug-likeness (QED) is 0.147. The highest BCUT2D eigenvalue weighted by Crippen LogP contribution is 2.51. The first-order chi connectivity index (χ1) is 19.6. The zero-order valence-corrected chi connectivity index (χ0v) is 26.8. The van der Waals surface area contributed by atoms with Gasteiger partial charge in [0.15, 0.2) is 8.32 Å². The number of alkyl carbamates (subject to hydrolysis) is 1. The van der Waals surface area contributed by atoms with Crippen LogP contribution < -0.4 is 5.32 Å². The molecule has 1 saturated heterocycles. The van der Waals surface area contributed by atoms with Crippen molar-refractivity contribution in [3.8, 4) is 0 Å². The first-order valence-electron chi connectivity index (χ1n) is 14.2. The standard InChI is InChI=1S/C30H47N3O8Si/c1-10-13-21-22(14-16-32(29(38)40-19-12-3)17-15-31-28(37)39-18-11-2)25(27(35)36)33-24(21)23(26(33)34)20(4)41-42(8,9)30(5,6)7/h10-12,20-21,23-24H,1-3,13-19H2,4-9H3,(H,31,37)(H,35,36)/t20-,21?,23-,24-/m1/s1. The summed E-state index contributed by atoms with van der Waals surface area (Å²) in [4.78, 5) is 53.3. The van der Waals surface area contributed by atoms with Gasteiger partial charge in [0, 0.05) is 25.6 Å². The van der Waals surface area contributed by atoms with Crippen LogP contribution in [0.25, 0.3) is 0 Å². The van der Waals surface area contributed by atoms with Gasteiger partial charge in [-0.2, -0.15) is 0 Å². The lowest BCUT2D eigenvalue weighted by molar-refractivity contribution is -0.162. The zero-order chi connectivity index (χ0) is 31.8. The Morgan fingerprint density at radius 1 is 1.10 bits per heavy atom. The second-order valence-corrected chi connectivity index (χ2v) is 16.8. The topological polar surface area (TPSA) is 135 Å². The molecule has 2 aliphatic rings. The lowest BCUT2D eigenvalue weighted by Gasteiger charge is -2.50. The van der Waals surface area contributed by atoms with Gasteiger partial charge < -0.3 is 34.1 Å². The summed E-state index contributed by atoms with van der Waals surface area (Å²) in [6.45, 7) is 23.8. The molecule has 4 atom stereocenters. The highest BCUT2D eigenvalue weighted by molar-refractivity contribution is 6.74. The van der Waals surface area contributed by atoms with Crippen molar-refractivity contribution in [2.45, 2.75) is 70.8 Å². The fraction of sp³-hybridized carbons (Fsp3) is 0.600. The largest absolute Gasteiger partial charge is 0.477 e. The van der Waals surface area contributed by atoms with E-state index in [1.807, 2.05) is 6.92 Å². The van der Waals surface area contributed by atoms with E-state index in [-0.39, 0.29) is 67.9 Å².